The van der Waals surface area contributed by atoms with Gasteiger partial charge in [0.05, 0.1) is 24.8 Å². The Morgan fingerprint density at radius 2 is 1.91 bits per heavy atom. The first-order chi connectivity index (χ1) is 17.2. The number of benzene rings is 1. The number of amides is 1. The molecule has 1 amide bonds. The zero-order valence-electron chi connectivity index (χ0n) is 19.4. The van der Waals surface area contributed by atoms with Crippen LogP contribution in [-0.4, -0.2) is 49.2 Å². The Bertz CT molecular complexity index is 1320. The molecule has 178 valence electrons. The van der Waals surface area contributed by atoms with Gasteiger partial charge in [0.1, 0.15) is 17.6 Å². The molecule has 5 rings (SSSR count). The minimum atomic E-state index is -0.299. The fourth-order valence-electron chi connectivity index (χ4n) is 3.99. The van der Waals surface area contributed by atoms with Crippen LogP contribution in [0.15, 0.2) is 81.9 Å². The predicted molar refractivity (Wildman–Crippen MR) is 132 cm³/mol. The van der Waals surface area contributed by atoms with Crippen LogP contribution in [0.4, 0.5) is 0 Å². The molecule has 0 N–H and O–H groups in total. The molecule has 0 bridgehead atoms. The standard InChI is InChI=1S/C25H24N6O3S/c1-3-30-24(18-10-12-26-13-11-18)27-28-25(30)35-16-23(32)31-21(22-5-4-14-34-22)15-20(29-31)17-6-8-19(33-2)9-7-17/h4-14,21H,3,15-16H2,1-2H3. The van der Waals surface area contributed by atoms with Crippen molar-refractivity contribution in [3.63, 3.8) is 0 Å². The number of nitrogens with zero attached hydrogens (tertiary/aromatic N) is 6. The highest BCUT2D eigenvalue weighted by molar-refractivity contribution is 7.99. The third kappa shape index (κ3) is 4.69. The summed E-state index contributed by atoms with van der Waals surface area (Å²) < 4.78 is 12.9. The van der Waals surface area contributed by atoms with E-state index in [0.717, 1.165) is 28.4 Å². The number of furan rings is 1. The van der Waals surface area contributed by atoms with Gasteiger partial charge in [-0.1, -0.05) is 11.8 Å². The molecule has 1 aliphatic rings. The highest BCUT2D eigenvalue weighted by Gasteiger charge is 2.35. The van der Waals surface area contributed by atoms with Crippen LogP contribution in [0.5, 0.6) is 5.75 Å². The second-order valence-electron chi connectivity index (χ2n) is 7.82. The normalized spacial score (nSPS) is 15.3. The molecule has 1 aliphatic heterocycles. The molecule has 0 spiro atoms. The van der Waals surface area contributed by atoms with E-state index in [1.54, 1.807) is 25.8 Å². The van der Waals surface area contributed by atoms with Crippen LogP contribution in [-0.2, 0) is 11.3 Å². The number of aromatic nitrogens is 4. The molecule has 4 aromatic rings. The number of carbonyl (C=O) groups is 1. The molecular formula is C25H24N6O3S. The lowest BCUT2D eigenvalue weighted by atomic mass is 10.0. The molecule has 0 aliphatic carbocycles. The first kappa shape index (κ1) is 22.9. The van der Waals surface area contributed by atoms with Gasteiger partial charge in [-0.15, -0.1) is 10.2 Å². The molecule has 3 aromatic heterocycles. The van der Waals surface area contributed by atoms with Crippen LogP contribution in [0, 0.1) is 0 Å². The zero-order valence-corrected chi connectivity index (χ0v) is 20.2. The van der Waals surface area contributed by atoms with Gasteiger partial charge in [0.15, 0.2) is 11.0 Å². The maximum Gasteiger partial charge on any atom is 0.253 e. The van der Waals surface area contributed by atoms with Crippen molar-refractivity contribution in [1.29, 1.82) is 0 Å². The Hall–Kier alpha value is -3.92. The van der Waals surface area contributed by atoms with E-state index in [0.29, 0.717) is 23.9 Å². The highest BCUT2D eigenvalue weighted by atomic mass is 32.2. The summed E-state index contributed by atoms with van der Waals surface area (Å²) in [6.07, 6.45) is 5.62. The minimum Gasteiger partial charge on any atom is -0.497 e. The van der Waals surface area contributed by atoms with Gasteiger partial charge in [-0.2, -0.15) is 5.10 Å². The first-order valence-electron chi connectivity index (χ1n) is 11.2. The topological polar surface area (TPSA) is 98.6 Å². The van der Waals surface area contributed by atoms with Crippen molar-refractivity contribution < 1.29 is 13.9 Å². The molecule has 1 atom stereocenters. The third-order valence-corrected chi connectivity index (χ3v) is 6.71. The van der Waals surface area contributed by atoms with E-state index in [2.05, 4.69) is 15.2 Å². The van der Waals surface area contributed by atoms with Crippen LogP contribution in [0.25, 0.3) is 11.4 Å². The quantitative estimate of drug-likeness (QED) is 0.338. The summed E-state index contributed by atoms with van der Waals surface area (Å²) in [6, 6.07) is 14.9. The average Bonchev–Trinajstić information content (AvgIpc) is 3.67. The van der Waals surface area contributed by atoms with Crippen LogP contribution < -0.4 is 4.74 Å². The number of ether oxygens (including phenoxy) is 1. The van der Waals surface area contributed by atoms with Crippen LogP contribution in [0.2, 0.25) is 0 Å². The van der Waals surface area contributed by atoms with Crippen molar-refractivity contribution >= 4 is 23.4 Å². The molecule has 10 heteroatoms. The largest absolute Gasteiger partial charge is 0.497 e. The van der Waals surface area contributed by atoms with E-state index in [-0.39, 0.29) is 17.7 Å². The van der Waals surface area contributed by atoms with Crippen molar-refractivity contribution in [1.82, 2.24) is 24.8 Å². The number of carbonyl (C=O) groups excluding carboxylic acids is 1. The van der Waals surface area contributed by atoms with E-state index < -0.39 is 0 Å². The average molecular weight is 489 g/mol. The number of hydrogen-bond donors (Lipinski definition) is 0. The Labute approximate surface area is 206 Å². The van der Waals surface area contributed by atoms with Crippen molar-refractivity contribution in [2.24, 2.45) is 5.10 Å². The van der Waals surface area contributed by atoms with Crippen LogP contribution in [0.1, 0.15) is 30.7 Å². The summed E-state index contributed by atoms with van der Waals surface area (Å²) in [5.74, 6) is 2.26. The Balaban J connectivity index is 1.36. The van der Waals surface area contributed by atoms with Gasteiger partial charge in [-0.25, -0.2) is 5.01 Å². The smallest absolute Gasteiger partial charge is 0.253 e. The fourth-order valence-corrected chi connectivity index (χ4v) is 4.84. The highest BCUT2D eigenvalue weighted by Crippen LogP contribution is 2.34. The van der Waals surface area contributed by atoms with Gasteiger partial charge in [-0.3, -0.25) is 9.78 Å². The molecule has 0 saturated carbocycles. The second-order valence-corrected chi connectivity index (χ2v) is 8.77. The molecular weight excluding hydrogens is 464 g/mol. The minimum absolute atomic E-state index is 0.129. The summed E-state index contributed by atoms with van der Waals surface area (Å²) in [5, 5.41) is 15.6. The van der Waals surface area contributed by atoms with Crippen molar-refractivity contribution in [3.05, 3.63) is 78.5 Å². The lowest BCUT2D eigenvalue weighted by Gasteiger charge is -2.19. The summed E-state index contributed by atoms with van der Waals surface area (Å²) in [7, 11) is 1.63. The van der Waals surface area contributed by atoms with Crippen molar-refractivity contribution in [3.8, 4) is 17.1 Å². The van der Waals surface area contributed by atoms with Gasteiger partial charge >= 0.3 is 0 Å². The van der Waals surface area contributed by atoms with Gasteiger partial charge in [0, 0.05) is 30.9 Å². The number of hydrogen-bond acceptors (Lipinski definition) is 8. The monoisotopic (exact) mass is 488 g/mol. The SMILES string of the molecule is CCn1c(SCC(=O)N2N=C(c3ccc(OC)cc3)CC2c2ccco2)nnc1-c1ccncc1. The Morgan fingerprint density at radius 1 is 1.11 bits per heavy atom. The van der Waals surface area contributed by atoms with Crippen molar-refractivity contribution in [2.75, 3.05) is 12.9 Å². The molecule has 4 heterocycles. The lowest BCUT2D eigenvalue weighted by molar-refractivity contribution is -0.130. The van der Waals surface area contributed by atoms with E-state index in [1.165, 1.54) is 16.8 Å². The molecule has 0 radical (unpaired) electrons. The third-order valence-electron chi connectivity index (χ3n) is 5.76. The summed E-state index contributed by atoms with van der Waals surface area (Å²) in [4.78, 5) is 17.4. The van der Waals surface area contributed by atoms with Gasteiger partial charge in [-0.05, 0) is 61.0 Å². The molecule has 9 nitrogen and oxygen atoms in total. The Kier molecular flexibility index (Phi) is 6.62. The fraction of sp³-hybridized carbons (Fsp3) is 0.240. The first-order valence-corrected chi connectivity index (χ1v) is 12.2. The maximum atomic E-state index is 13.3. The number of rotatable bonds is 8. The molecule has 1 unspecified atom stereocenters. The predicted octanol–water partition coefficient (Wildman–Crippen LogP) is 4.43. The van der Waals surface area contributed by atoms with Gasteiger partial charge in [0.25, 0.3) is 5.91 Å². The van der Waals surface area contributed by atoms with Crippen LogP contribution >= 0.6 is 11.8 Å². The molecule has 0 saturated heterocycles. The Morgan fingerprint density at radius 3 is 2.60 bits per heavy atom. The van der Waals surface area contributed by atoms with Crippen molar-refractivity contribution in [2.45, 2.75) is 31.1 Å². The number of hydrazone groups is 1. The number of thioether (sulfide) groups is 1. The molecule has 0 fully saturated rings. The summed E-state index contributed by atoms with van der Waals surface area (Å²) in [6.45, 7) is 2.71. The lowest BCUT2D eigenvalue weighted by Crippen LogP contribution is -2.28. The summed E-state index contributed by atoms with van der Waals surface area (Å²) >= 11 is 1.35. The van der Waals surface area contributed by atoms with Crippen LogP contribution in [0.3, 0.4) is 0 Å². The molecule has 1 aromatic carbocycles. The van der Waals surface area contributed by atoms with E-state index in [9.17, 15) is 4.79 Å². The molecule has 35 heavy (non-hydrogen) atoms. The van der Waals surface area contributed by atoms with E-state index >= 15 is 0 Å². The maximum absolute atomic E-state index is 13.3. The number of methoxy groups -OCH3 is 1. The zero-order chi connectivity index (χ0) is 24.2. The van der Waals surface area contributed by atoms with Gasteiger partial charge < -0.3 is 13.7 Å². The van der Waals surface area contributed by atoms with E-state index in [1.807, 2.05) is 60.0 Å². The second kappa shape index (κ2) is 10.1. The number of pyridine rings is 1. The summed E-state index contributed by atoms with van der Waals surface area (Å²) in [5.41, 5.74) is 2.70. The van der Waals surface area contributed by atoms with Gasteiger partial charge in [0.2, 0.25) is 0 Å². The van der Waals surface area contributed by atoms with E-state index in [4.69, 9.17) is 14.3 Å².